The Balaban J connectivity index is 3.30. The zero-order chi connectivity index (χ0) is 7.82. The van der Waals surface area contributed by atoms with E-state index < -0.39 is 0 Å². The summed E-state index contributed by atoms with van der Waals surface area (Å²) in [6, 6.07) is 0. The number of hydrogen-bond acceptors (Lipinski definition) is 3. The van der Waals surface area contributed by atoms with E-state index in [4.69, 9.17) is 17.2 Å². The van der Waals surface area contributed by atoms with Crippen molar-refractivity contribution in [2.45, 2.75) is 0 Å². The van der Waals surface area contributed by atoms with E-state index >= 15 is 0 Å². The Labute approximate surface area is 62.3 Å². The van der Waals surface area contributed by atoms with Gasteiger partial charge in [0, 0.05) is 19.6 Å². The SMILES string of the molecule is NCC[NH+](CCN)CCN. The minimum Gasteiger partial charge on any atom is -0.332 e. The van der Waals surface area contributed by atoms with Gasteiger partial charge in [-0.25, -0.2) is 0 Å². The van der Waals surface area contributed by atoms with Crippen LogP contribution in [0.1, 0.15) is 0 Å². The van der Waals surface area contributed by atoms with Gasteiger partial charge in [-0.05, 0) is 0 Å². The molecule has 0 aromatic carbocycles. The maximum absolute atomic E-state index is 5.39. The molecule has 0 amide bonds. The van der Waals surface area contributed by atoms with Crippen LogP contribution in [-0.2, 0) is 0 Å². The molecule has 0 rings (SSSR count). The average Bonchev–Trinajstić information content (AvgIpc) is 1.90. The second-order valence-corrected chi connectivity index (χ2v) is 2.37. The van der Waals surface area contributed by atoms with Crippen molar-refractivity contribution in [3.05, 3.63) is 0 Å². The molecular weight excluding hydrogens is 128 g/mol. The average molecular weight is 147 g/mol. The largest absolute Gasteiger partial charge is 0.332 e. The zero-order valence-electron chi connectivity index (χ0n) is 6.47. The van der Waals surface area contributed by atoms with E-state index in [2.05, 4.69) is 0 Å². The van der Waals surface area contributed by atoms with Crippen molar-refractivity contribution in [1.82, 2.24) is 0 Å². The Morgan fingerprint density at radius 1 is 0.700 bits per heavy atom. The first-order valence-corrected chi connectivity index (χ1v) is 3.79. The Morgan fingerprint density at radius 3 is 1.20 bits per heavy atom. The van der Waals surface area contributed by atoms with Crippen LogP contribution in [0.25, 0.3) is 0 Å². The van der Waals surface area contributed by atoms with Crippen molar-refractivity contribution >= 4 is 0 Å². The second-order valence-electron chi connectivity index (χ2n) is 2.37. The van der Waals surface area contributed by atoms with Gasteiger partial charge in [0.2, 0.25) is 0 Å². The lowest BCUT2D eigenvalue weighted by Crippen LogP contribution is -3.14. The lowest BCUT2D eigenvalue weighted by Gasteiger charge is -2.16. The van der Waals surface area contributed by atoms with Gasteiger partial charge in [-0.15, -0.1) is 0 Å². The number of quaternary nitrogens is 1. The van der Waals surface area contributed by atoms with Gasteiger partial charge in [0.15, 0.2) is 0 Å². The highest BCUT2D eigenvalue weighted by Gasteiger charge is 2.02. The first kappa shape index (κ1) is 9.84. The molecule has 0 fully saturated rings. The molecule has 7 N–H and O–H groups in total. The summed E-state index contributed by atoms with van der Waals surface area (Å²) in [5.74, 6) is 0. The monoisotopic (exact) mass is 147 g/mol. The molecule has 0 aromatic rings. The Bertz CT molecular complexity index is 52.5. The number of nitrogens with one attached hydrogen (secondary N) is 1. The van der Waals surface area contributed by atoms with Crippen molar-refractivity contribution in [3.63, 3.8) is 0 Å². The molecule has 10 heavy (non-hydrogen) atoms. The quantitative estimate of drug-likeness (QED) is 0.318. The van der Waals surface area contributed by atoms with E-state index in [0.717, 1.165) is 39.3 Å². The van der Waals surface area contributed by atoms with E-state index in [1.807, 2.05) is 0 Å². The van der Waals surface area contributed by atoms with Crippen LogP contribution in [0.4, 0.5) is 0 Å². The van der Waals surface area contributed by atoms with Crippen molar-refractivity contribution in [3.8, 4) is 0 Å². The molecule has 0 aliphatic carbocycles. The molecule has 0 unspecified atom stereocenters. The summed E-state index contributed by atoms with van der Waals surface area (Å²) in [4.78, 5) is 1.41. The summed E-state index contributed by atoms with van der Waals surface area (Å²) < 4.78 is 0. The number of nitrogens with two attached hydrogens (primary N) is 3. The topological polar surface area (TPSA) is 82.5 Å². The van der Waals surface area contributed by atoms with Crippen LogP contribution in [0.3, 0.4) is 0 Å². The van der Waals surface area contributed by atoms with Crippen LogP contribution >= 0.6 is 0 Å². The summed E-state index contributed by atoms with van der Waals surface area (Å²) in [5.41, 5.74) is 16.2. The predicted octanol–water partition coefficient (Wildman–Crippen LogP) is -3.25. The smallest absolute Gasteiger partial charge is 0.0896 e. The summed E-state index contributed by atoms with van der Waals surface area (Å²) in [5, 5.41) is 0. The van der Waals surface area contributed by atoms with Gasteiger partial charge in [-0.1, -0.05) is 0 Å². The normalized spacial score (nSPS) is 10.8. The van der Waals surface area contributed by atoms with Crippen LogP contribution in [0, 0.1) is 0 Å². The highest BCUT2D eigenvalue weighted by atomic mass is 15.1. The van der Waals surface area contributed by atoms with Gasteiger partial charge in [-0.3, -0.25) is 0 Å². The molecule has 0 heterocycles. The van der Waals surface area contributed by atoms with Crippen LogP contribution in [0.2, 0.25) is 0 Å². The lowest BCUT2D eigenvalue weighted by molar-refractivity contribution is -0.895. The third kappa shape index (κ3) is 4.69. The minimum absolute atomic E-state index is 0.718. The highest BCUT2D eigenvalue weighted by Crippen LogP contribution is 1.47. The van der Waals surface area contributed by atoms with Crippen molar-refractivity contribution in [1.29, 1.82) is 0 Å². The standard InChI is InChI=1S/C6H18N4/c7-1-4-10(5-2-8)6-3-9/h1-9H2/p+1. The lowest BCUT2D eigenvalue weighted by atomic mass is 10.4. The maximum Gasteiger partial charge on any atom is 0.0896 e. The second kappa shape index (κ2) is 6.95. The van der Waals surface area contributed by atoms with E-state index in [1.165, 1.54) is 4.90 Å². The maximum atomic E-state index is 5.39. The predicted molar refractivity (Wildman–Crippen MR) is 42.7 cm³/mol. The fraction of sp³-hybridized carbons (Fsp3) is 1.00. The van der Waals surface area contributed by atoms with Crippen LogP contribution in [0.15, 0.2) is 0 Å². The first-order chi connectivity index (χ1) is 4.85. The summed E-state index contributed by atoms with van der Waals surface area (Å²) in [6.07, 6.45) is 0. The molecule has 0 saturated heterocycles. The van der Waals surface area contributed by atoms with Crippen LogP contribution in [-0.4, -0.2) is 39.3 Å². The Hall–Kier alpha value is -0.160. The number of hydrogen-bond donors (Lipinski definition) is 4. The molecule has 0 atom stereocenters. The molecule has 0 radical (unpaired) electrons. The third-order valence-electron chi connectivity index (χ3n) is 1.49. The van der Waals surface area contributed by atoms with Gasteiger partial charge in [0.25, 0.3) is 0 Å². The molecule has 0 aliphatic rings. The fourth-order valence-electron chi connectivity index (χ4n) is 0.987. The summed E-state index contributed by atoms with van der Waals surface area (Å²) in [7, 11) is 0. The van der Waals surface area contributed by atoms with Crippen molar-refractivity contribution in [2.75, 3.05) is 39.3 Å². The van der Waals surface area contributed by atoms with Crippen molar-refractivity contribution in [2.24, 2.45) is 17.2 Å². The van der Waals surface area contributed by atoms with Gasteiger partial charge in [0.05, 0.1) is 19.6 Å². The van der Waals surface area contributed by atoms with E-state index in [1.54, 1.807) is 0 Å². The summed E-state index contributed by atoms with van der Waals surface area (Å²) >= 11 is 0. The van der Waals surface area contributed by atoms with Gasteiger partial charge in [0.1, 0.15) is 0 Å². The third-order valence-corrected chi connectivity index (χ3v) is 1.49. The molecular formula is C6H19N4+. The van der Waals surface area contributed by atoms with Crippen LogP contribution < -0.4 is 22.1 Å². The molecule has 4 nitrogen and oxygen atoms in total. The highest BCUT2D eigenvalue weighted by molar-refractivity contribution is 4.35. The van der Waals surface area contributed by atoms with E-state index in [9.17, 15) is 0 Å². The Kier molecular flexibility index (Phi) is 6.84. The molecule has 0 spiro atoms. The summed E-state index contributed by atoms with van der Waals surface area (Å²) in [6.45, 7) is 5.09. The molecule has 0 aliphatic heterocycles. The van der Waals surface area contributed by atoms with E-state index in [-0.39, 0.29) is 0 Å². The fourth-order valence-corrected chi connectivity index (χ4v) is 0.987. The number of rotatable bonds is 6. The Morgan fingerprint density at radius 2 is 1.00 bits per heavy atom. The first-order valence-electron chi connectivity index (χ1n) is 3.79. The molecule has 4 heteroatoms. The van der Waals surface area contributed by atoms with Crippen molar-refractivity contribution < 1.29 is 4.90 Å². The molecule has 0 aromatic heterocycles. The van der Waals surface area contributed by atoms with Crippen LogP contribution in [0.5, 0.6) is 0 Å². The van der Waals surface area contributed by atoms with E-state index in [0.29, 0.717) is 0 Å². The van der Waals surface area contributed by atoms with Gasteiger partial charge >= 0.3 is 0 Å². The minimum atomic E-state index is 0.718. The molecule has 62 valence electrons. The van der Waals surface area contributed by atoms with Gasteiger partial charge in [-0.2, -0.15) is 0 Å². The van der Waals surface area contributed by atoms with Gasteiger partial charge < -0.3 is 22.1 Å². The molecule has 0 bridgehead atoms. The zero-order valence-corrected chi connectivity index (χ0v) is 6.47. The molecule has 0 saturated carbocycles.